The lowest BCUT2D eigenvalue weighted by Crippen LogP contribution is -2.52. The van der Waals surface area contributed by atoms with Gasteiger partial charge in [-0.25, -0.2) is 0 Å². The van der Waals surface area contributed by atoms with Crippen LogP contribution in [0.25, 0.3) is 0 Å². The molecule has 21 heavy (non-hydrogen) atoms. The van der Waals surface area contributed by atoms with E-state index in [4.69, 9.17) is 12.2 Å². The molecule has 112 valence electrons. The van der Waals surface area contributed by atoms with Gasteiger partial charge in [0.05, 0.1) is 0 Å². The third-order valence-electron chi connectivity index (χ3n) is 4.33. The second-order valence-corrected chi connectivity index (χ2v) is 6.17. The molecular weight excluding hydrogens is 282 g/mol. The Morgan fingerprint density at radius 2 is 1.81 bits per heavy atom. The number of carbonyl (C=O) groups is 1. The number of benzene rings is 1. The van der Waals surface area contributed by atoms with Gasteiger partial charge in [0.1, 0.15) is 0 Å². The molecule has 2 aliphatic heterocycles. The van der Waals surface area contributed by atoms with Crippen LogP contribution in [0.1, 0.15) is 12.0 Å². The quantitative estimate of drug-likeness (QED) is 0.679. The van der Waals surface area contributed by atoms with Crippen LogP contribution in [0.3, 0.4) is 0 Å². The Morgan fingerprint density at radius 3 is 2.57 bits per heavy atom. The van der Waals surface area contributed by atoms with Crippen molar-refractivity contribution in [1.82, 2.24) is 9.80 Å². The lowest BCUT2D eigenvalue weighted by molar-refractivity contribution is -0.113. The Bertz CT molecular complexity index is 552. The van der Waals surface area contributed by atoms with Gasteiger partial charge in [-0.05, 0) is 31.5 Å². The van der Waals surface area contributed by atoms with Crippen LogP contribution < -0.4 is 4.90 Å². The summed E-state index contributed by atoms with van der Waals surface area (Å²) in [6.07, 6.45) is 2.05. The highest BCUT2D eigenvalue weighted by molar-refractivity contribution is 7.82. The average molecular weight is 303 g/mol. The van der Waals surface area contributed by atoms with Gasteiger partial charge in [-0.15, -0.1) is 0 Å². The zero-order chi connectivity index (χ0) is 14.8. The predicted molar refractivity (Wildman–Crippen MR) is 88.8 cm³/mol. The van der Waals surface area contributed by atoms with Gasteiger partial charge in [-0.3, -0.25) is 4.79 Å². The lowest BCUT2D eigenvalue weighted by Gasteiger charge is -2.36. The molecule has 2 heterocycles. The summed E-state index contributed by atoms with van der Waals surface area (Å²) < 4.78 is 0. The predicted octanol–water partition coefficient (Wildman–Crippen LogP) is 1.54. The van der Waals surface area contributed by atoms with E-state index in [1.165, 1.54) is 5.56 Å². The number of amides is 1. The number of nitrogens with zero attached hydrogens (tertiary/aromatic N) is 3. The molecule has 5 heteroatoms. The minimum atomic E-state index is -0.0123. The number of anilines is 1. The van der Waals surface area contributed by atoms with Crippen LogP contribution in [-0.4, -0.2) is 60.5 Å². The topological polar surface area (TPSA) is 26.8 Å². The van der Waals surface area contributed by atoms with Gasteiger partial charge in [0.15, 0.2) is 4.99 Å². The molecule has 0 radical (unpaired) electrons. The van der Waals surface area contributed by atoms with E-state index in [2.05, 4.69) is 22.9 Å². The first-order valence-corrected chi connectivity index (χ1v) is 7.95. The van der Waals surface area contributed by atoms with Crippen molar-refractivity contribution >= 4 is 28.8 Å². The van der Waals surface area contributed by atoms with Crippen LogP contribution in [0, 0.1) is 0 Å². The second kappa shape index (κ2) is 6.12. The highest BCUT2D eigenvalue weighted by atomic mass is 32.1. The molecule has 0 atom stereocenters. The molecule has 0 bridgehead atoms. The fraction of sp³-hybridized carbons (Fsp3) is 0.500. The van der Waals surface area contributed by atoms with Crippen LogP contribution in [0.15, 0.2) is 24.3 Å². The summed E-state index contributed by atoms with van der Waals surface area (Å²) in [5, 5.41) is 0. The summed E-state index contributed by atoms with van der Waals surface area (Å²) in [6.45, 7) is 4.38. The number of aryl methyl sites for hydroxylation is 1. The van der Waals surface area contributed by atoms with Crippen molar-refractivity contribution < 1.29 is 4.79 Å². The number of thiocarbonyl (C=S) groups is 1. The summed E-state index contributed by atoms with van der Waals surface area (Å²) in [5.41, 5.74) is 2.28. The molecule has 0 aromatic heterocycles. The minimum absolute atomic E-state index is 0.0123. The number of rotatable bonds is 0. The summed E-state index contributed by atoms with van der Waals surface area (Å²) >= 11 is 5.46. The molecule has 0 unspecified atom stereocenters. The van der Waals surface area contributed by atoms with Crippen molar-refractivity contribution in [3.63, 3.8) is 0 Å². The van der Waals surface area contributed by atoms with Crippen LogP contribution in [-0.2, 0) is 11.2 Å². The minimum Gasteiger partial charge on any atom is -0.356 e. The summed E-state index contributed by atoms with van der Waals surface area (Å²) in [7, 11) is 2.10. The fourth-order valence-corrected chi connectivity index (χ4v) is 3.30. The zero-order valence-corrected chi connectivity index (χ0v) is 13.2. The molecule has 0 saturated carbocycles. The molecule has 1 amide bonds. The van der Waals surface area contributed by atoms with E-state index >= 15 is 0 Å². The van der Waals surface area contributed by atoms with Crippen LogP contribution >= 0.6 is 12.2 Å². The number of hydrogen-bond acceptors (Lipinski definition) is 3. The molecule has 0 N–H and O–H groups in total. The number of likely N-dealkylation sites (N-methyl/N-ethyl adjacent to an activating group) is 1. The number of para-hydroxylation sites is 1. The lowest BCUT2D eigenvalue weighted by atomic mass is 10.0. The molecule has 0 aliphatic carbocycles. The fourth-order valence-electron chi connectivity index (χ4n) is 3.00. The molecular formula is C16H21N3OS. The van der Waals surface area contributed by atoms with Gasteiger partial charge in [0.2, 0.25) is 0 Å². The molecule has 2 aliphatic rings. The van der Waals surface area contributed by atoms with Gasteiger partial charge < -0.3 is 14.7 Å². The second-order valence-electron chi connectivity index (χ2n) is 5.78. The summed E-state index contributed by atoms with van der Waals surface area (Å²) in [5.74, 6) is -0.0123. The molecule has 1 saturated heterocycles. The largest absolute Gasteiger partial charge is 0.356 e. The van der Waals surface area contributed by atoms with E-state index < -0.39 is 0 Å². The van der Waals surface area contributed by atoms with Crippen LogP contribution in [0.4, 0.5) is 5.69 Å². The molecule has 1 fully saturated rings. The van der Waals surface area contributed by atoms with E-state index in [9.17, 15) is 4.79 Å². The number of carbonyl (C=O) groups excluding carboxylic acids is 1. The van der Waals surface area contributed by atoms with Gasteiger partial charge in [0.25, 0.3) is 5.91 Å². The zero-order valence-electron chi connectivity index (χ0n) is 12.4. The molecule has 4 nitrogen and oxygen atoms in total. The standard InChI is InChI=1S/C16H21N3OS/c1-17-9-11-18(12-10-17)16(21)15(20)19-8-4-6-13-5-2-3-7-14(13)19/h2-3,5,7H,4,6,8-12H2,1H3. The Morgan fingerprint density at radius 1 is 1.10 bits per heavy atom. The maximum atomic E-state index is 12.8. The first kappa shape index (κ1) is 14.5. The first-order valence-electron chi connectivity index (χ1n) is 7.54. The smallest absolute Gasteiger partial charge is 0.285 e. The van der Waals surface area contributed by atoms with Gasteiger partial charge >= 0.3 is 0 Å². The number of fused-ring (bicyclic) bond motifs is 1. The molecule has 1 aromatic rings. The van der Waals surface area contributed by atoms with Gasteiger partial charge in [0, 0.05) is 38.4 Å². The van der Waals surface area contributed by atoms with Crippen molar-refractivity contribution in [2.75, 3.05) is 44.7 Å². The molecule has 1 aromatic carbocycles. The van der Waals surface area contributed by atoms with E-state index in [0.29, 0.717) is 4.99 Å². The van der Waals surface area contributed by atoms with E-state index in [1.54, 1.807) is 0 Å². The van der Waals surface area contributed by atoms with E-state index in [1.807, 2.05) is 23.1 Å². The van der Waals surface area contributed by atoms with Crippen molar-refractivity contribution in [3.8, 4) is 0 Å². The van der Waals surface area contributed by atoms with E-state index in [-0.39, 0.29) is 5.91 Å². The Balaban J connectivity index is 1.75. The van der Waals surface area contributed by atoms with Crippen molar-refractivity contribution in [1.29, 1.82) is 0 Å². The van der Waals surface area contributed by atoms with Crippen molar-refractivity contribution in [3.05, 3.63) is 29.8 Å². The van der Waals surface area contributed by atoms with Crippen molar-refractivity contribution in [2.24, 2.45) is 0 Å². The number of piperazine rings is 1. The molecule has 0 spiro atoms. The van der Waals surface area contributed by atoms with Crippen molar-refractivity contribution in [2.45, 2.75) is 12.8 Å². The SMILES string of the molecule is CN1CCN(C(=S)C(=O)N2CCCc3ccccc32)CC1. The monoisotopic (exact) mass is 303 g/mol. The Hall–Kier alpha value is -1.46. The van der Waals surface area contributed by atoms with Gasteiger partial charge in [-0.1, -0.05) is 30.4 Å². The summed E-state index contributed by atoms with van der Waals surface area (Å²) in [4.78, 5) is 19.4. The Kier molecular flexibility index (Phi) is 4.22. The summed E-state index contributed by atoms with van der Waals surface area (Å²) in [6, 6.07) is 8.15. The Labute approximate surface area is 131 Å². The normalized spacial score (nSPS) is 19.3. The number of hydrogen-bond donors (Lipinski definition) is 0. The third-order valence-corrected chi connectivity index (χ3v) is 4.76. The van der Waals surface area contributed by atoms with Crippen LogP contribution in [0.5, 0.6) is 0 Å². The molecule has 3 rings (SSSR count). The van der Waals surface area contributed by atoms with Crippen LogP contribution in [0.2, 0.25) is 0 Å². The third kappa shape index (κ3) is 2.94. The highest BCUT2D eigenvalue weighted by Gasteiger charge is 2.28. The maximum Gasteiger partial charge on any atom is 0.285 e. The average Bonchev–Trinajstić information content (AvgIpc) is 2.53. The van der Waals surface area contributed by atoms with Gasteiger partial charge in [-0.2, -0.15) is 0 Å². The highest BCUT2D eigenvalue weighted by Crippen LogP contribution is 2.27. The first-order chi connectivity index (χ1) is 10.2. The maximum absolute atomic E-state index is 12.8. The van der Waals surface area contributed by atoms with E-state index in [0.717, 1.165) is 51.3 Å².